The summed E-state index contributed by atoms with van der Waals surface area (Å²) >= 11 is 0. The first kappa shape index (κ1) is 13.4. The van der Waals surface area contributed by atoms with Crippen LogP contribution in [-0.4, -0.2) is 23.4 Å². The predicted octanol–water partition coefficient (Wildman–Crippen LogP) is 2.38. The Morgan fingerprint density at radius 2 is 2.17 bits per heavy atom. The average Bonchev–Trinajstić information content (AvgIpc) is 2.71. The summed E-state index contributed by atoms with van der Waals surface area (Å²) < 4.78 is 0. The van der Waals surface area contributed by atoms with Crippen molar-refractivity contribution in [2.24, 2.45) is 5.41 Å². The quantitative estimate of drug-likeness (QED) is 0.751. The fourth-order valence-electron chi connectivity index (χ4n) is 2.64. The Labute approximate surface area is 109 Å². The maximum Gasteiger partial charge on any atom is 0.119 e. The zero-order chi connectivity index (χ0) is 13.2. The normalized spacial score (nSPS) is 18.9. The molecule has 0 fully saturated rings. The zero-order valence-corrected chi connectivity index (χ0v) is 11.2. The van der Waals surface area contributed by atoms with Crippen molar-refractivity contribution in [3.05, 3.63) is 29.3 Å². The summed E-state index contributed by atoms with van der Waals surface area (Å²) in [5.74, 6) is 0.423. The lowest BCUT2D eigenvalue weighted by atomic mass is 9.89. The Bertz CT molecular complexity index is 415. The molecule has 0 bridgehead atoms. The number of aliphatic hydroxyl groups excluding tert-OH is 1. The summed E-state index contributed by atoms with van der Waals surface area (Å²) in [4.78, 5) is 0. The van der Waals surface area contributed by atoms with E-state index in [-0.39, 0.29) is 12.0 Å². The second kappa shape index (κ2) is 5.29. The molecule has 0 heterocycles. The van der Waals surface area contributed by atoms with E-state index in [4.69, 9.17) is 5.11 Å². The van der Waals surface area contributed by atoms with E-state index < -0.39 is 0 Å². The first-order valence-corrected chi connectivity index (χ1v) is 6.68. The van der Waals surface area contributed by atoms with Gasteiger partial charge in [0.05, 0.1) is 0 Å². The smallest absolute Gasteiger partial charge is 0.119 e. The number of fused-ring (bicyclic) bond motifs is 1. The van der Waals surface area contributed by atoms with Crippen LogP contribution in [0.15, 0.2) is 18.2 Å². The summed E-state index contributed by atoms with van der Waals surface area (Å²) in [6.45, 7) is 5.44. The molecule has 18 heavy (non-hydrogen) atoms. The highest BCUT2D eigenvalue weighted by Gasteiger charge is 2.26. The SMILES string of the molecule is CC(C)(CCO)CNC1CCc2c(O)cccc21. The van der Waals surface area contributed by atoms with E-state index in [1.807, 2.05) is 6.07 Å². The van der Waals surface area contributed by atoms with E-state index in [2.05, 4.69) is 25.2 Å². The molecule has 1 aliphatic rings. The number of aromatic hydroxyl groups is 1. The molecule has 1 aliphatic carbocycles. The van der Waals surface area contributed by atoms with Gasteiger partial charge in [-0.1, -0.05) is 26.0 Å². The van der Waals surface area contributed by atoms with E-state index in [1.165, 1.54) is 5.56 Å². The zero-order valence-electron chi connectivity index (χ0n) is 11.2. The van der Waals surface area contributed by atoms with Crippen molar-refractivity contribution >= 4 is 0 Å². The van der Waals surface area contributed by atoms with Crippen LogP contribution < -0.4 is 5.32 Å². The maximum absolute atomic E-state index is 9.80. The molecular formula is C15H23NO2. The average molecular weight is 249 g/mol. The summed E-state index contributed by atoms with van der Waals surface area (Å²) in [7, 11) is 0. The molecular weight excluding hydrogens is 226 g/mol. The van der Waals surface area contributed by atoms with Gasteiger partial charge in [0.2, 0.25) is 0 Å². The van der Waals surface area contributed by atoms with Crippen molar-refractivity contribution in [2.75, 3.05) is 13.2 Å². The molecule has 3 heteroatoms. The lowest BCUT2D eigenvalue weighted by Crippen LogP contribution is -2.32. The summed E-state index contributed by atoms with van der Waals surface area (Å²) in [5.41, 5.74) is 2.43. The number of phenolic OH excluding ortho intramolecular Hbond substituents is 1. The van der Waals surface area contributed by atoms with Crippen LogP contribution in [-0.2, 0) is 6.42 Å². The Morgan fingerprint density at radius 3 is 2.89 bits per heavy atom. The standard InChI is InChI=1S/C15H23NO2/c1-15(2,8-9-17)10-16-13-7-6-12-11(13)4-3-5-14(12)18/h3-5,13,16-18H,6-10H2,1-2H3. The van der Waals surface area contributed by atoms with Crippen molar-refractivity contribution in [2.45, 2.75) is 39.2 Å². The fraction of sp³-hybridized carbons (Fsp3) is 0.600. The second-order valence-electron chi connectivity index (χ2n) is 5.95. The van der Waals surface area contributed by atoms with Gasteiger partial charge in [0, 0.05) is 19.2 Å². The van der Waals surface area contributed by atoms with E-state index >= 15 is 0 Å². The molecule has 1 aromatic rings. The van der Waals surface area contributed by atoms with Gasteiger partial charge in [-0.25, -0.2) is 0 Å². The molecule has 1 aromatic carbocycles. The topological polar surface area (TPSA) is 52.5 Å². The number of nitrogens with one attached hydrogen (secondary N) is 1. The third-order valence-corrected chi connectivity index (χ3v) is 3.86. The molecule has 0 radical (unpaired) electrons. The highest BCUT2D eigenvalue weighted by molar-refractivity contribution is 5.44. The number of aliphatic hydroxyl groups is 1. The Balaban J connectivity index is 2.00. The van der Waals surface area contributed by atoms with Crippen LogP contribution in [0.25, 0.3) is 0 Å². The Hall–Kier alpha value is -1.06. The molecule has 0 aliphatic heterocycles. The van der Waals surface area contributed by atoms with Gasteiger partial charge in [0.1, 0.15) is 5.75 Å². The minimum atomic E-state index is 0.105. The van der Waals surface area contributed by atoms with Crippen molar-refractivity contribution in [3.8, 4) is 5.75 Å². The highest BCUT2D eigenvalue weighted by Crippen LogP contribution is 2.36. The molecule has 3 N–H and O–H groups in total. The minimum Gasteiger partial charge on any atom is -0.508 e. The van der Waals surface area contributed by atoms with Crippen LogP contribution >= 0.6 is 0 Å². The maximum atomic E-state index is 9.80. The third-order valence-electron chi connectivity index (χ3n) is 3.86. The highest BCUT2D eigenvalue weighted by atomic mass is 16.3. The van der Waals surface area contributed by atoms with Gasteiger partial charge in [-0.2, -0.15) is 0 Å². The van der Waals surface area contributed by atoms with Gasteiger partial charge in [-0.3, -0.25) is 0 Å². The molecule has 0 aromatic heterocycles. The summed E-state index contributed by atoms with van der Waals surface area (Å²) in [5, 5.41) is 22.4. The monoisotopic (exact) mass is 249 g/mol. The number of hydrogen-bond donors (Lipinski definition) is 3. The number of benzene rings is 1. The molecule has 0 spiro atoms. The summed E-state index contributed by atoms with van der Waals surface area (Å²) in [6, 6.07) is 6.10. The van der Waals surface area contributed by atoms with E-state index in [1.54, 1.807) is 6.07 Å². The van der Waals surface area contributed by atoms with Crippen molar-refractivity contribution in [1.29, 1.82) is 0 Å². The Kier molecular flexibility index (Phi) is 3.93. The number of rotatable bonds is 5. The molecule has 1 unspecified atom stereocenters. The van der Waals surface area contributed by atoms with Gasteiger partial charge >= 0.3 is 0 Å². The van der Waals surface area contributed by atoms with Gasteiger partial charge in [0.25, 0.3) is 0 Å². The van der Waals surface area contributed by atoms with E-state index in [9.17, 15) is 5.11 Å². The van der Waals surface area contributed by atoms with Gasteiger partial charge < -0.3 is 15.5 Å². The second-order valence-corrected chi connectivity index (χ2v) is 5.95. The molecule has 2 rings (SSSR count). The first-order chi connectivity index (χ1) is 8.53. The van der Waals surface area contributed by atoms with Crippen LogP contribution in [0.4, 0.5) is 0 Å². The predicted molar refractivity (Wildman–Crippen MR) is 72.7 cm³/mol. The molecule has 1 atom stereocenters. The molecule has 0 saturated heterocycles. The van der Waals surface area contributed by atoms with Crippen LogP contribution in [0.1, 0.15) is 43.9 Å². The molecule has 0 amide bonds. The molecule has 100 valence electrons. The van der Waals surface area contributed by atoms with Crippen LogP contribution in [0, 0.1) is 5.41 Å². The number of phenols is 1. The van der Waals surface area contributed by atoms with Crippen LogP contribution in [0.2, 0.25) is 0 Å². The fourth-order valence-corrected chi connectivity index (χ4v) is 2.64. The van der Waals surface area contributed by atoms with Gasteiger partial charge in [0.15, 0.2) is 0 Å². The molecule has 0 saturated carbocycles. The summed E-state index contributed by atoms with van der Waals surface area (Å²) in [6.07, 6.45) is 2.79. The minimum absolute atomic E-state index is 0.105. The van der Waals surface area contributed by atoms with E-state index in [0.29, 0.717) is 11.8 Å². The largest absolute Gasteiger partial charge is 0.508 e. The van der Waals surface area contributed by atoms with Gasteiger partial charge in [-0.05, 0) is 41.9 Å². The van der Waals surface area contributed by atoms with Crippen LogP contribution in [0.5, 0.6) is 5.75 Å². The van der Waals surface area contributed by atoms with Crippen molar-refractivity contribution < 1.29 is 10.2 Å². The first-order valence-electron chi connectivity index (χ1n) is 6.68. The lowest BCUT2D eigenvalue weighted by molar-refractivity contribution is 0.202. The third kappa shape index (κ3) is 2.85. The van der Waals surface area contributed by atoms with Gasteiger partial charge in [-0.15, -0.1) is 0 Å². The molecule has 3 nitrogen and oxygen atoms in total. The van der Waals surface area contributed by atoms with Crippen molar-refractivity contribution in [1.82, 2.24) is 5.32 Å². The number of hydrogen-bond acceptors (Lipinski definition) is 3. The van der Waals surface area contributed by atoms with Crippen molar-refractivity contribution in [3.63, 3.8) is 0 Å². The Morgan fingerprint density at radius 1 is 1.39 bits per heavy atom. The van der Waals surface area contributed by atoms with Crippen LogP contribution in [0.3, 0.4) is 0 Å². The lowest BCUT2D eigenvalue weighted by Gasteiger charge is -2.26. The van der Waals surface area contributed by atoms with E-state index in [0.717, 1.165) is 31.4 Å².